The highest BCUT2D eigenvalue weighted by molar-refractivity contribution is 7.90. The number of hydroxylamine groups is 1. The highest BCUT2D eigenvalue weighted by Gasteiger charge is 2.13. The first-order valence-corrected chi connectivity index (χ1v) is 6.08. The zero-order valence-corrected chi connectivity index (χ0v) is 9.27. The van der Waals surface area contributed by atoms with Crippen LogP contribution in [0.5, 0.6) is 0 Å². The van der Waals surface area contributed by atoms with E-state index in [0.29, 0.717) is 12.1 Å². The van der Waals surface area contributed by atoms with Gasteiger partial charge in [-0.25, -0.2) is 12.8 Å². The summed E-state index contributed by atoms with van der Waals surface area (Å²) in [5.74, 6) is -0.737. The first-order valence-electron chi connectivity index (χ1n) is 4.19. The molecule has 0 fully saturated rings. The molecule has 0 aromatic heterocycles. The number of benzene rings is 1. The quantitative estimate of drug-likeness (QED) is 0.784. The van der Waals surface area contributed by atoms with Gasteiger partial charge in [-0.3, -0.25) is 0 Å². The Bertz CT molecular complexity index is 445. The lowest BCUT2D eigenvalue weighted by atomic mass is 10.2. The Kier molecular flexibility index (Phi) is 3.78. The van der Waals surface area contributed by atoms with Crippen LogP contribution < -0.4 is 5.48 Å². The van der Waals surface area contributed by atoms with E-state index in [1.165, 1.54) is 19.2 Å². The van der Waals surface area contributed by atoms with Gasteiger partial charge in [-0.1, -0.05) is 6.07 Å². The van der Waals surface area contributed by atoms with Crippen molar-refractivity contribution in [3.8, 4) is 0 Å². The molecule has 0 saturated carbocycles. The third-order valence-corrected chi connectivity index (χ3v) is 2.93. The van der Waals surface area contributed by atoms with Crippen LogP contribution >= 0.6 is 0 Å². The van der Waals surface area contributed by atoms with Crippen LogP contribution in [0.1, 0.15) is 5.56 Å². The van der Waals surface area contributed by atoms with Crippen molar-refractivity contribution in [2.45, 2.75) is 11.4 Å². The summed E-state index contributed by atoms with van der Waals surface area (Å²) in [6.07, 6.45) is 0.971. The lowest BCUT2D eigenvalue weighted by molar-refractivity contribution is 0.0866. The maximum Gasteiger partial charge on any atom is 0.178 e. The van der Waals surface area contributed by atoms with Crippen LogP contribution in [0.3, 0.4) is 0 Å². The Morgan fingerprint density at radius 1 is 1.47 bits per heavy atom. The van der Waals surface area contributed by atoms with E-state index in [0.717, 1.165) is 12.3 Å². The van der Waals surface area contributed by atoms with Gasteiger partial charge in [0.25, 0.3) is 0 Å². The molecule has 0 amide bonds. The highest BCUT2D eigenvalue weighted by atomic mass is 32.2. The van der Waals surface area contributed by atoms with Crippen LogP contribution in [0.2, 0.25) is 0 Å². The van der Waals surface area contributed by atoms with Crippen molar-refractivity contribution < 1.29 is 17.6 Å². The smallest absolute Gasteiger partial charge is 0.178 e. The third kappa shape index (κ3) is 3.26. The lowest BCUT2D eigenvalue weighted by Crippen LogP contribution is -2.11. The van der Waals surface area contributed by atoms with Crippen molar-refractivity contribution in [3.05, 3.63) is 29.6 Å². The normalized spacial score (nSPS) is 11.7. The van der Waals surface area contributed by atoms with E-state index in [-0.39, 0.29) is 4.90 Å². The predicted molar refractivity (Wildman–Crippen MR) is 53.4 cm³/mol. The molecule has 0 atom stereocenters. The number of rotatable bonds is 4. The van der Waals surface area contributed by atoms with Gasteiger partial charge in [-0.05, 0) is 17.7 Å². The van der Waals surface area contributed by atoms with Crippen molar-refractivity contribution >= 4 is 9.84 Å². The van der Waals surface area contributed by atoms with Crippen LogP contribution in [-0.4, -0.2) is 21.8 Å². The number of sulfone groups is 1. The van der Waals surface area contributed by atoms with E-state index in [2.05, 4.69) is 10.3 Å². The van der Waals surface area contributed by atoms with Gasteiger partial charge in [0.1, 0.15) is 10.7 Å². The zero-order valence-electron chi connectivity index (χ0n) is 8.45. The number of hydrogen-bond donors (Lipinski definition) is 1. The minimum absolute atomic E-state index is 0.294. The Morgan fingerprint density at radius 2 is 2.13 bits per heavy atom. The van der Waals surface area contributed by atoms with Gasteiger partial charge in [-0.2, -0.15) is 5.48 Å². The fourth-order valence-corrected chi connectivity index (χ4v) is 1.89. The van der Waals surface area contributed by atoms with Crippen LogP contribution in [0, 0.1) is 5.82 Å². The summed E-state index contributed by atoms with van der Waals surface area (Å²) < 4.78 is 35.5. The molecule has 0 unspecified atom stereocenters. The molecule has 0 aliphatic heterocycles. The molecule has 0 spiro atoms. The molecule has 0 radical (unpaired) electrons. The first kappa shape index (κ1) is 12.1. The minimum Gasteiger partial charge on any atom is -0.305 e. The van der Waals surface area contributed by atoms with Crippen LogP contribution in [0.15, 0.2) is 23.1 Å². The Morgan fingerprint density at radius 3 is 2.67 bits per heavy atom. The number of halogens is 1. The van der Waals surface area contributed by atoms with E-state index in [9.17, 15) is 12.8 Å². The third-order valence-electron chi connectivity index (χ3n) is 1.82. The molecule has 6 heteroatoms. The van der Waals surface area contributed by atoms with Crippen LogP contribution in [0.4, 0.5) is 4.39 Å². The molecule has 0 aliphatic rings. The van der Waals surface area contributed by atoms with E-state index in [1.807, 2.05) is 0 Å². The standard InChI is InChI=1S/C9H12FNO3S/c1-14-11-6-7-3-4-8(10)9(5-7)15(2,12)13/h3-5,11H,6H2,1-2H3. The predicted octanol–water partition coefficient (Wildman–Crippen LogP) is 0.880. The van der Waals surface area contributed by atoms with Crippen LogP contribution in [0.25, 0.3) is 0 Å². The van der Waals surface area contributed by atoms with E-state index in [1.54, 1.807) is 0 Å². The summed E-state index contributed by atoms with van der Waals surface area (Å²) >= 11 is 0. The average molecular weight is 233 g/mol. The van der Waals surface area contributed by atoms with Gasteiger partial charge in [0.05, 0.1) is 7.11 Å². The van der Waals surface area contributed by atoms with Gasteiger partial charge < -0.3 is 4.84 Å². The largest absolute Gasteiger partial charge is 0.305 e. The van der Waals surface area contributed by atoms with Gasteiger partial charge in [-0.15, -0.1) is 0 Å². The summed E-state index contributed by atoms with van der Waals surface area (Å²) in [5, 5.41) is 0. The number of hydrogen-bond acceptors (Lipinski definition) is 4. The molecule has 84 valence electrons. The molecular weight excluding hydrogens is 221 g/mol. The molecule has 15 heavy (non-hydrogen) atoms. The van der Waals surface area contributed by atoms with Crippen molar-refractivity contribution in [3.63, 3.8) is 0 Å². The second kappa shape index (κ2) is 4.69. The van der Waals surface area contributed by atoms with Crippen molar-refractivity contribution in [1.29, 1.82) is 0 Å². The zero-order chi connectivity index (χ0) is 11.5. The molecule has 0 bridgehead atoms. The van der Waals surface area contributed by atoms with E-state index < -0.39 is 15.7 Å². The Balaban J connectivity index is 3.06. The molecule has 1 N–H and O–H groups in total. The minimum atomic E-state index is -3.52. The van der Waals surface area contributed by atoms with Gasteiger partial charge >= 0.3 is 0 Å². The second-order valence-electron chi connectivity index (χ2n) is 3.06. The van der Waals surface area contributed by atoms with Crippen molar-refractivity contribution in [1.82, 2.24) is 5.48 Å². The molecule has 1 rings (SSSR count). The Labute approximate surface area is 87.9 Å². The summed E-state index contributed by atoms with van der Waals surface area (Å²) in [6, 6.07) is 3.91. The summed E-state index contributed by atoms with van der Waals surface area (Å²) in [4.78, 5) is 4.31. The summed E-state index contributed by atoms with van der Waals surface area (Å²) in [5.41, 5.74) is 3.18. The monoisotopic (exact) mass is 233 g/mol. The van der Waals surface area contributed by atoms with Gasteiger partial charge in [0.15, 0.2) is 9.84 Å². The summed E-state index contributed by atoms with van der Waals surface area (Å²) in [6.45, 7) is 0.319. The molecule has 1 aromatic carbocycles. The topological polar surface area (TPSA) is 55.4 Å². The average Bonchev–Trinajstić information content (AvgIpc) is 2.15. The van der Waals surface area contributed by atoms with Gasteiger partial charge in [0.2, 0.25) is 0 Å². The molecule has 0 aliphatic carbocycles. The van der Waals surface area contributed by atoms with E-state index in [4.69, 9.17) is 0 Å². The summed E-state index contributed by atoms with van der Waals surface area (Å²) in [7, 11) is -2.08. The number of nitrogens with one attached hydrogen (secondary N) is 1. The molecule has 1 aromatic rings. The lowest BCUT2D eigenvalue weighted by Gasteiger charge is -2.05. The maximum absolute atomic E-state index is 13.2. The fraction of sp³-hybridized carbons (Fsp3) is 0.333. The molecule has 0 saturated heterocycles. The van der Waals surface area contributed by atoms with Crippen LogP contribution in [-0.2, 0) is 21.2 Å². The van der Waals surface area contributed by atoms with E-state index >= 15 is 0 Å². The Hall–Kier alpha value is -0.980. The molecule has 4 nitrogen and oxygen atoms in total. The maximum atomic E-state index is 13.2. The SMILES string of the molecule is CONCc1ccc(F)c(S(C)(=O)=O)c1. The highest BCUT2D eigenvalue weighted by Crippen LogP contribution is 2.16. The van der Waals surface area contributed by atoms with Crippen molar-refractivity contribution in [2.75, 3.05) is 13.4 Å². The van der Waals surface area contributed by atoms with Gasteiger partial charge in [0, 0.05) is 12.8 Å². The fourth-order valence-electron chi connectivity index (χ4n) is 1.10. The first-order chi connectivity index (χ1) is 6.95. The molecule has 0 heterocycles. The van der Waals surface area contributed by atoms with Crippen molar-refractivity contribution in [2.24, 2.45) is 0 Å². The second-order valence-corrected chi connectivity index (χ2v) is 5.05. The molecular formula is C9H12FNO3S.